The van der Waals surface area contributed by atoms with Crippen molar-refractivity contribution in [3.63, 3.8) is 0 Å². The summed E-state index contributed by atoms with van der Waals surface area (Å²) in [4.78, 5) is 29.5. The molecule has 9 nitrogen and oxygen atoms in total. The van der Waals surface area contributed by atoms with Crippen molar-refractivity contribution in [1.82, 2.24) is 24.8 Å². The second kappa shape index (κ2) is 9.27. The van der Waals surface area contributed by atoms with Crippen molar-refractivity contribution in [2.24, 2.45) is 0 Å². The number of aromatic amines is 1. The Morgan fingerprint density at radius 2 is 2.12 bits per heavy atom. The normalized spacial score (nSPS) is 20.1. The van der Waals surface area contributed by atoms with Gasteiger partial charge < -0.3 is 29.6 Å². The summed E-state index contributed by atoms with van der Waals surface area (Å²) >= 11 is 0. The molecule has 0 unspecified atom stereocenters. The molecule has 5 rings (SSSR count). The van der Waals surface area contributed by atoms with E-state index in [9.17, 15) is 4.79 Å². The zero-order valence-electron chi connectivity index (χ0n) is 19.1. The van der Waals surface area contributed by atoms with Crippen LogP contribution in [-0.2, 0) is 11.2 Å². The Balaban J connectivity index is 1.50. The van der Waals surface area contributed by atoms with Crippen molar-refractivity contribution in [2.45, 2.75) is 31.7 Å². The molecule has 1 aromatic carbocycles. The summed E-state index contributed by atoms with van der Waals surface area (Å²) in [6, 6.07) is 5.82. The molecular weight excluding hydrogens is 420 g/mol. The topological polar surface area (TPSA) is 95.6 Å². The largest absolute Gasteiger partial charge is 0.493 e. The van der Waals surface area contributed by atoms with E-state index < -0.39 is 0 Å². The van der Waals surface area contributed by atoms with Crippen LogP contribution in [0.5, 0.6) is 11.5 Å². The lowest BCUT2D eigenvalue weighted by molar-refractivity contribution is -0.134. The van der Waals surface area contributed by atoms with Crippen LogP contribution < -0.4 is 14.8 Å². The number of H-pyrrole nitrogens is 1. The predicted molar refractivity (Wildman–Crippen MR) is 126 cm³/mol. The Hall–Kier alpha value is -3.33. The van der Waals surface area contributed by atoms with Crippen LogP contribution in [0.4, 0.5) is 11.5 Å². The van der Waals surface area contributed by atoms with Gasteiger partial charge in [0, 0.05) is 37.1 Å². The van der Waals surface area contributed by atoms with E-state index in [0.717, 1.165) is 67.9 Å². The number of hydrogen-bond donors (Lipinski definition) is 2. The predicted octanol–water partition coefficient (Wildman–Crippen LogP) is 2.96. The van der Waals surface area contributed by atoms with Gasteiger partial charge in [0.1, 0.15) is 17.8 Å². The lowest BCUT2D eigenvalue weighted by Crippen LogP contribution is -2.44. The van der Waals surface area contributed by atoms with Crippen molar-refractivity contribution < 1.29 is 14.3 Å². The van der Waals surface area contributed by atoms with Crippen molar-refractivity contribution >= 4 is 28.4 Å². The Bertz CT molecular complexity index is 1150. The van der Waals surface area contributed by atoms with Crippen LogP contribution in [0.2, 0.25) is 0 Å². The van der Waals surface area contributed by atoms with Crippen LogP contribution in [-0.4, -0.2) is 77.1 Å². The van der Waals surface area contributed by atoms with Crippen LogP contribution in [0.15, 0.2) is 30.7 Å². The third-order valence-corrected chi connectivity index (χ3v) is 6.53. The van der Waals surface area contributed by atoms with Gasteiger partial charge in [-0.25, -0.2) is 9.97 Å². The van der Waals surface area contributed by atoms with E-state index in [0.29, 0.717) is 11.5 Å². The van der Waals surface area contributed by atoms with Crippen molar-refractivity contribution in [1.29, 1.82) is 0 Å². The zero-order valence-corrected chi connectivity index (χ0v) is 19.1. The van der Waals surface area contributed by atoms with Crippen molar-refractivity contribution in [2.75, 3.05) is 45.7 Å². The average Bonchev–Trinajstić information content (AvgIpc) is 3.45. The third kappa shape index (κ3) is 4.45. The Labute approximate surface area is 193 Å². The monoisotopic (exact) mass is 450 g/mol. The number of methoxy groups -OCH3 is 1. The smallest absolute Gasteiger partial charge is 0.260 e. The first-order valence-corrected chi connectivity index (χ1v) is 11.5. The van der Waals surface area contributed by atoms with Crippen LogP contribution in [0.1, 0.15) is 24.8 Å². The molecule has 1 atom stereocenters. The second-order valence-electron chi connectivity index (χ2n) is 8.79. The molecule has 1 fully saturated rings. The molecule has 9 heteroatoms. The van der Waals surface area contributed by atoms with Gasteiger partial charge in [0.25, 0.3) is 5.91 Å². The summed E-state index contributed by atoms with van der Waals surface area (Å²) in [6.45, 7) is 2.60. The molecule has 2 aliphatic heterocycles. The SMILES string of the molecule is COc1ccc2cc1OCC(=O)N1CCC[C@H]1CN(C)CCCc1c[nH]c3ncnc(c13)N2. The average molecular weight is 451 g/mol. The van der Waals surface area contributed by atoms with E-state index in [1.165, 1.54) is 5.56 Å². The number of benzene rings is 1. The first-order valence-electron chi connectivity index (χ1n) is 11.5. The summed E-state index contributed by atoms with van der Waals surface area (Å²) in [6.07, 6.45) is 7.56. The second-order valence-corrected chi connectivity index (χ2v) is 8.79. The van der Waals surface area contributed by atoms with Gasteiger partial charge in [0.15, 0.2) is 18.1 Å². The first-order chi connectivity index (χ1) is 16.1. The highest BCUT2D eigenvalue weighted by atomic mass is 16.5. The molecule has 2 N–H and O–H groups in total. The Morgan fingerprint density at radius 1 is 1.21 bits per heavy atom. The van der Waals surface area contributed by atoms with E-state index in [4.69, 9.17) is 9.47 Å². The first kappa shape index (κ1) is 21.5. The number of hydrogen-bond acceptors (Lipinski definition) is 7. The van der Waals surface area contributed by atoms with Crippen molar-refractivity contribution in [3.8, 4) is 11.5 Å². The minimum absolute atomic E-state index is 0.0141. The van der Waals surface area contributed by atoms with E-state index in [-0.39, 0.29) is 18.6 Å². The van der Waals surface area contributed by atoms with E-state index in [2.05, 4.69) is 32.2 Å². The number of ether oxygens (including phenoxy) is 2. The van der Waals surface area contributed by atoms with Crippen LogP contribution in [0.3, 0.4) is 0 Å². The molecule has 1 amide bonds. The fourth-order valence-corrected chi connectivity index (χ4v) is 4.89. The minimum Gasteiger partial charge on any atom is -0.493 e. The molecule has 0 radical (unpaired) electrons. The highest BCUT2D eigenvalue weighted by Crippen LogP contribution is 2.33. The fourth-order valence-electron chi connectivity index (χ4n) is 4.89. The molecule has 174 valence electrons. The number of amides is 1. The van der Waals surface area contributed by atoms with Gasteiger partial charge in [0.2, 0.25) is 0 Å². The number of carbonyl (C=O) groups excluding carboxylic acids is 1. The maximum absolute atomic E-state index is 13.0. The summed E-state index contributed by atoms with van der Waals surface area (Å²) < 4.78 is 11.4. The van der Waals surface area contributed by atoms with Gasteiger partial charge in [-0.05, 0) is 57.0 Å². The molecule has 3 aromatic rings. The van der Waals surface area contributed by atoms with Gasteiger partial charge in [-0.2, -0.15) is 0 Å². The maximum atomic E-state index is 13.0. The van der Waals surface area contributed by atoms with Gasteiger partial charge in [-0.1, -0.05) is 0 Å². The molecule has 0 spiro atoms. The number of carbonyl (C=O) groups is 1. The highest BCUT2D eigenvalue weighted by molar-refractivity contribution is 5.92. The van der Waals surface area contributed by atoms with E-state index in [1.54, 1.807) is 13.4 Å². The number of likely N-dealkylation sites (N-methyl/N-ethyl adjacent to an activating group) is 1. The van der Waals surface area contributed by atoms with Crippen LogP contribution in [0, 0.1) is 0 Å². The number of fused-ring (bicyclic) bond motifs is 3. The molecule has 2 aliphatic rings. The Morgan fingerprint density at radius 3 is 3.00 bits per heavy atom. The number of nitrogens with one attached hydrogen (secondary N) is 2. The van der Waals surface area contributed by atoms with E-state index in [1.807, 2.05) is 29.3 Å². The number of rotatable bonds is 1. The molecule has 2 bridgehead atoms. The molecule has 1 saturated heterocycles. The van der Waals surface area contributed by atoms with Crippen molar-refractivity contribution in [3.05, 3.63) is 36.3 Å². The number of anilines is 2. The Kier molecular flexibility index (Phi) is 6.04. The quantitative estimate of drug-likeness (QED) is 0.588. The number of aryl methyl sites for hydroxylation is 1. The molecule has 4 heterocycles. The molecule has 2 aromatic heterocycles. The summed E-state index contributed by atoms with van der Waals surface area (Å²) in [5.41, 5.74) is 2.80. The van der Waals surface area contributed by atoms with Gasteiger partial charge >= 0.3 is 0 Å². The summed E-state index contributed by atoms with van der Waals surface area (Å²) in [5, 5.41) is 4.40. The van der Waals surface area contributed by atoms with Gasteiger partial charge in [-0.15, -0.1) is 0 Å². The lowest BCUT2D eigenvalue weighted by Gasteiger charge is -2.29. The maximum Gasteiger partial charge on any atom is 0.260 e. The fraction of sp³-hybridized carbons (Fsp3) is 0.458. The standard InChI is InChI=1S/C24H30N6O3/c1-29-9-3-5-16-12-25-23-22(16)24(27-15-26-23)28-17-7-8-19(32-2)20(11-17)33-14-21(31)30-10-4-6-18(30)13-29/h7-8,11-12,15,18H,3-6,9-10,13-14H2,1-2H3,(H2,25,26,27,28)/t18-/m0/s1. The molecule has 0 saturated carbocycles. The highest BCUT2D eigenvalue weighted by Gasteiger charge is 2.30. The molecule has 0 aliphatic carbocycles. The van der Waals surface area contributed by atoms with Crippen LogP contribution in [0.25, 0.3) is 11.0 Å². The zero-order chi connectivity index (χ0) is 22.8. The molecular formula is C24H30N6O3. The minimum atomic E-state index is -0.0141. The van der Waals surface area contributed by atoms with E-state index >= 15 is 0 Å². The number of nitrogens with zero attached hydrogens (tertiary/aromatic N) is 4. The van der Waals surface area contributed by atoms with Gasteiger partial charge in [0.05, 0.1) is 12.5 Å². The van der Waals surface area contributed by atoms with Crippen LogP contribution >= 0.6 is 0 Å². The van der Waals surface area contributed by atoms with Gasteiger partial charge in [-0.3, -0.25) is 4.79 Å². The number of aromatic nitrogens is 3. The molecule has 33 heavy (non-hydrogen) atoms. The summed E-state index contributed by atoms with van der Waals surface area (Å²) in [5.74, 6) is 1.86. The lowest BCUT2D eigenvalue weighted by atomic mass is 10.1. The summed E-state index contributed by atoms with van der Waals surface area (Å²) in [7, 11) is 3.73. The third-order valence-electron chi connectivity index (χ3n) is 6.53.